The Morgan fingerprint density at radius 2 is 1.88 bits per heavy atom. The van der Waals surface area contributed by atoms with Crippen molar-refractivity contribution in [2.75, 3.05) is 18.0 Å². The van der Waals surface area contributed by atoms with Gasteiger partial charge in [0, 0.05) is 25.4 Å². The van der Waals surface area contributed by atoms with Crippen LogP contribution in [-0.4, -0.2) is 28.2 Å². The average molecular weight is 324 g/mol. The van der Waals surface area contributed by atoms with E-state index in [-0.39, 0.29) is 0 Å². The van der Waals surface area contributed by atoms with Crippen molar-refractivity contribution in [2.24, 2.45) is 0 Å². The molecular weight excluding hydrogens is 304 g/mol. The topological polar surface area (TPSA) is 68.2 Å². The second-order valence-electron chi connectivity index (χ2n) is 6.22. The van der Waals surface area contributed by atoms with Crippen molar-refractivity contribution in [3.05, 3.63) is 35.9 Å². The van der Waals surface area contributed by atoms with Crippen LogP contribution in [0.1, 0.15) is 30.7 Å². The van der Waals surface area contributed by atoms with E-state index in [1.807, 2.05) is 38.2 Å². The largest absolute Gasteiger partial charge is 0.460 e. The SMILES string of the molecule is Cc1cc(-c2cnc(N3CCCCC3)nc2-c2ccc(C)o2)on1. The molecule has 0 amide bonds. The first kappa shape index (κ1) is 14.9. The van der Waals surface area contributed by atoms with Gasteiger partial charge in [0.2, 0.25) is 5.95 Å². The number of furan rings is 1. The van der Waals surface area contributed by atoms with Crippen molar-refractivity contribution in [1.82, 2.24) is 15.1 Å². The molecule has 3 aromatic rings. The summed E-state index contributed by atoms with van der Waals surface area (Å²) in [5, 5.41) is 3.97. The molecule has 0 aliphatic carbocycles. The number of aryl methyl sites for hydroxylation is 2. The summed E-state index contributed by atoms with van der Waals surface area (Å²) in [6.07, 6.45) is 5.45. The van der Waals surface area contributed by atoms with Crippen molar-refractivity contribution in [3.8, 4) is 22.8 Å². The molecule has 6 heteroatoms. The maximum absolute atomic E-state index is 5.81. The summed E-state index contributed by atoms with van der Waals surface area (Å²) in [5.41, 5.74) is 2.37. The standard InChI is InChI=1S/C18H20N4O2/c1-12-10-16(24-21-12)14-11-19-18(22-8-4-3-5-9-22)20-17(14)15-7-6-13(2)23-15/h6-7,10-11H,3-5,8-9H2,1-2H3. The Morgan fingerprint density at radius 3 is 2.54 bits per heavy atom. The quantitative estimate of drug-likeness (QED) is 0.725. The molecule has 3 aromatic heterocycles. The van der Waals surface area contributed by atoms with E-state index in [1.165, 1.54) is 19.3 Å². The molecule has 0 unspecified atom stereocenters. The van der Waals surface area contributed by atoms with E-state index in [2.05, 4.69) is 15.0 Å². The summed E-state index contributed by atoms with van der Waals surface area (Å²) in [6, 6.07) is 5.76. The van der Waals surface area contributed by atoms with Crippen LogP contribution in [0.4, 0.5) is 5.95 Å². The van der Waals surface area contributed by atoms with Crippen molar-refractivity contribution in [2.45, 2.75) is 33.1 Å². The average Bonchev–Trinajstić information content (AvgIpc) is 3.24. The fourth-order valence-electron chi connectivity index (χ4n) is 3.04. The summed E-state index contributed by atoms with van der Waals surface area (Å²) >= 11 is 0. The Kier molecular flexibility index (Phi) is 3.80. The lowest BCUT2D eigenvalue weighted by Gasteiger charge is -2.26. The summed E-state index contributed by atoms with van der Waals surface area (Å²) in [6.45, 7) is 5.82. The van der Waals surface area contributed by atoms with E-state index in [0.717, 1.165) is 47.5 Å². The molecular formula is C18H20N4O2. The summed E-state index contributed by atoms with van der Waals surface area (Å²) in [7, 11) is 0. The highest BCUT2D eigenvalue weighted by Crippen LogP contribution is 2.33. The Labute approximate surface area is 140 Å². The van der Waals surface area contributed by atoms with Gasteiger partial charge in [-0.2, -0.15) is 0 Å². The third-order valence-electron chi connectivity index (χ3n) is 4.28. The molecule has 4 heterocycles. The first-order valence-corrected chi connectivity index (χ1v) is 8.33. The van der Waals surface area contributed by atoms with Crippen molar-refractivity contribution in [3.63, 3.8) is 0 Å². The summed E-state index contributed by atoms with van der Waals surface area (Å²) in [5.74, 6) is 2.97. The van der Waals surface area contributed by atoms with E-state index in [4.69, 9.17) is 13.9 Å². The monoisotopic (exact) mass is 324 g/mol. The Morgan fingerprint density at radius 1 is 1.04 bits per heavy atom. The third-order valence-corrected chi connectivity index (χ3v) is 4.28. The van der Waals surface area contributed by atoms with Gasteiger partial charge in [-0.3, -0.25) is 0 Å². The maximum atomic E-state index is 5.81. The lowest BCUT2D eigenvalue weighted by atomic mass is 10.1. The van der Waals surface area contributed by atoms with Crippen LogP contribution in [-0.2, 0) is 0 Å². The minimum absolute atomic E-state index is 0.654. The molecule has 0 radical (unpaired) electrons. The van der Waals surface area contributed by atoms with Gasteiger partial charge in [-0.15, -0.1) is 0 Å². The van der Waals surface area contributed by atoms with Gasteiger partial charge >= 0.3 is 0 Å². The van der Waals surface area contributed by atoms with Gasteiger partial charge in [0.25, 0.3) is 0 Å². The summed E-state index contributed by atoms with van der Waals surface area (Å²) in [4.78, 5) is 11.6. The third kappa shape index (κ3) is 2.79. The highest BCUT2D eigenvalue weighted by atomic mass is 16.5. The zero-order valence-corrected chi connectivity index (χ0v) is 14.0. The molecule has 6 nitrogen and oxygen atoms in total. The van der Waals surface area contributed by atoms with Crippen molar-refractivity contribution < 1.29 is 8.94 Å². The van der Waals surface area contributed by atoms with Gasteiger partial charge in [0.05, 0.1) is 11.3 Å². The zero-order chi connectivity index (χ0) is 16.5. The minimum Gasteiger partial charge on any atom is -0.460 e. The Hall–Kier alpha value is -2.63. The number of aromatic nitrogens is 3. The van der Waals surface area contributed by atoms with E-state index in [9.17, 15) is 0 Å². The van der Waals surface area contributed by atoms with Crippen LogP contribution < -0.4 is 4.90 Å². The van der Waals surface area contributed by atoms with Gasteiger partial charge in [-0.05, 0) is 45.2 Å². The van der Waals surface area contributed by atoms with Gasteiger partial charge in [0.15, 0.2) is 11.5 Å². The first-order chi connectivity index (χ1) is 11.7. The van der Waals surface area contributed by atoms with E-state index in [1.54, 1.807) is 0 Å². The highest BCUT2D eigenvalue weighted by molar-refractivity contribution is 5.76. The zero-order valence-electron chi connectivity index (χ0n) is 14.0. The molecule has 1 saturated heterocycles. The maximum Gasteiger partial charge on any atom is 0.226 e. The van der Waals surface area contributed by atoms with Gasteiger partial charge < -0.3 is 13.8 Å². The number of anilines is 1. The molecule has 0 N–H and O–H groups in total. The first-order valence-electron chi connectivity index (χ1n) is 8.33. The molecule has 1 fully saturated rings. The molecule has 0 spiro atoms. The molecule has 4 rings (SSSR count). The molecule has 1 aliphatic rings. The fraction of sp³-hybridized carbons (Fsp3) is 0.389. The van der Waals surface area contributed by atoms with Crippen LogP contribution in [0.2, 0.25) is 0 Å². The normalized spacial score (nSPS) is 15.0. The number of hydrogen-bond acceptors (Lipinski definition) is 6. The van der Waals surface area contributed by atoms with Gasteiger partial charge in [0.1, 0.15) is 11.5 Å². The van der Waals surface area contributed by atoms with Gasteiger partial charge in [-0.25, -0.2) is 9.97 Å². The van der Waals surface area contributed by atoms with Crippen LogP contribution >= 0.6 is 0 Å². The Balaban J connectivity index is 1.81. The predicted molar refractivity (Wildman–Crippen MR) is 90.8 cm³/mol. The minimum atomic E-state index is 0.654. The molecule has 1 aliphatic heterocycles. The van der Waals surface area contributed by atoms with Crippen LogP contribution in [0.25, 0.3) is 22.8 Å². The van der Waals surface area contributed by atoms with E-state index in [0.29, 0.717) is 5.76 Å². The number of piperidine rings is 1. The van der Waals surface area contributed by atoms with Crippen LogP contribution in [0.3, 0.4) is 0 Å². The lowest BCUT2D eigenvalue weighted by Crippen LogP contribution is -2.31. The molecule has 0 aromatic carbocycles. The smallest absolute Gasteiger partial charge is 0.226 e. The number of rotatable bonds is 3. The summed E-state index contributed by atoms with van der Waals surface area (Å²) < 4.78 is 11.2. The van der Waals surface area contributed by atoms with E-state index >= 15 is 0 Å². The van der Waals surface area contributed by atoms with Gasteiger partial charge in [-0.1, -0.05) is 5.16 Å². The molecule has 0 bridgehead atoms. The molecule has 24 heavy (non-hydrogen) atoms. The highest BCUT2D eigenvalue weighted by Gasteiger charge is 2.20. The van der Waals surface area contributed by atoms with Crippen molar-refractivity contribution >= 4 is 5.95 Å². The molecule has 124 valence electrons. The molecule has 0 atom stereocenters. The number of nitrogens with zero attached hydrogens (tertiary/aromatic N) is 4. The van der Waals surface area contributed by atoms with Crippen molar-refractivity contribution in [1.29, 1.82) is 0 Å². The predicted octanol–water partition coefficient (Wildman–Crippen LogP) is 4.00. The second-order valence-corrected chi connectivity index (χ2v) is 6.22. The van der Waals surface area contributed by atoms with Crippen LogP contribution in [0, 0.1) is 13.8 Å². The lowest BCUT2D eigenvalue weighted by molar-refractivity contribution is 0.426. The second kappa shape index (κ2) is 6.11. The Bertz CT molecular complexity index is 846. The van der Waals surface area contributed by atoms with Crippen LogP contribution in [0.5, 0.6) is 0 Å². The number of hydrogen-bond donors (Lipinski definition) is 0. The van der Waals surface area contributed by atoms with Crippen LogP contribution in [0.15, 0.2) is 33.3 Å². The van der Waals surface area contributed by atoms with E-state index < -0.39 is 0 Å². The fourth-order valence-corrected chi connectivity index (χ4v) is 3.04. The molecule has 0 saturated carbocycles.